The number of rotatable bonds is 10. The number of ether oxygens (including phenoxy) is 2. The summed E-state index contributed by atoms with van der Waals surface area (Å²) in [4.78, 5) is 18.4. The Labute approximate surface area is 182 Å². The van der Waals surface area contributed by atoms with E-state index in [-0.39, 0.29) is 5.91 Å². The molecule has 0 radical (unpaired) electrons. The van der Waals surface area contributed by atoms with E-state index < -0.39 is 0 Å². The zero-order valence-corrected chi connectivity index (χ0v) is 18.6. The van der Waals surface area contributed by atoms with Crippen LogP contribution in [0.3, 0.4) is 0 Å². The van der Waals surface area contributed by atoms with Crippen LogP contribution in [0.4, 0.5) is 5.13 Å². The molecular weight excluding hydrogens is 396 g/mol. The fraction of sp³-hybridized carbons (Fsp3) is 0.333. The number of nitrogens with zero attached hydrogens (tertiary/aromatic N) is 1. The molecule has 0 atom stereocenters. The van der Waals surface area contributed by atoms with Crippen LogP contribution in [0, 0.1) is 6.92 Å². The van der Waals surface area contributed by atoms with E-state index in [0.29, 0.717) is 29.7 Å². The first-order chi connectivity index (χ1) is 14.6. The van der Waals surface area contributed by atoms with Gasteiger partial charge in [-0.2, -0.15) is 0 Å². The second-order valence-corrected chi connectivity index (χ2v) is 8.12. The third-order valence-corrected chi connectivity index (χ3v) is 5.45. The second-order valence-electron chi connectivity index (χ2n) is 6.92. The fourth-order valence-corrected chi connectivity index (χ4v) is 3.86. The second kappa shape index (κ2) is 10.8. The third kappa shape index (κ3) is 5.83. The topological polar surface area (TPSA) is 60.5 Å². The van der Waals surface area contributed by atoms with Crippen molar-refractivity contribution in [2.45, 2.75) is 40.0 Å². The van der Waals surface area contributed by atoms with Crippen molar-refractivity contribution < 1.29 is 14.3 Å². The van der Waals surface area contributed by atoms with Crippen molar-refractivity contribution in [3.05, 3.63) is 59.0 Å². The minimum absolute atomic E-state index is 0.194. The minimum Gasteiger partial charge on any atom is -0.494 e. The van der Waals surface area contributed by atoms with E-state index >= 15 is 0 Å². The lowest BCUT2D eigenvalue weighted by Crippen LogP contribution is -2.11. The maximum atomic E-state index is 12.7. The summed E-state index contributed by atoms with van der Waals surface area (Å²) in [5.41, 5.74) is 2.42. The molecule has 3 rings (SSSR count). The molecule has 0 spiro atoms. The van der Waals surface area contributed by atoms with Crippen LogP contribution in [-0.2, 0) is 0 Å². The van der Waals surface area contributed by atoms with Crippen LogP contribution in [0.1, 0.15) is 48.3 Å². The molecule has 1 amide bonds. The number of aromatic nitrogens is 1. The number of hydrogen-bond donors (Lipinski definition) is 1. The monoisotopic (exact) mass is 424 g/mol. The predicted molar refractivity (Wildman–Crippen MR) is 123 cm³/mol. The minimum atomic E-state index is -0.194. The van der Waals surface area contributed by atoms with Gasteiger partial charge in [0.1, 0.15) is 11.5 Å². The molecule has 0 aliphatic carbocycles. The number of thiazole rings is 1. The van der Waals surface area contributed by atoms with E-state index in [9.17, 15) is 4.79 Å². The first-order valence-electron chi connectivity index (χ1n) is 10.4. The molecule has 0 aliphatic rings. The summed E-state index contributed by atoms with van der Waals surface area (Å²) in [7, 11) is 0. The molecular formula is C24H28N2O3S. The van der Waals surface area contributed by atoms with Gasteiger partial charge in [0.25, 0.3) is 5.91 Å². The first kappa shape index (κ1) is 21.8. The van der Waals surface area contributed by atoms with E-state index in [0.717, 1.165) is 41.1 Å². The highest BCUT2D eigenvalue weighted by atomic mass is 32.1. The molecule has 0 saturated carbocycles. The zero-order chi connectivity index (χ0) is 21.3. The van der Waals surface area contributed by atoms with E-state index in [1.165, 1.54) is 11.3 Å². The molecule has 3 aromatic rings. The number of aryl methyl sites for hydroxylation is 1. The molecule has 1 heterocycles. The van der Waals surface area contributed by atoms with Crippen LogP contribution in [0.5, 0.6) is 11.5 Å². The summed E-state index contributed by atoms with van der Waals surface area (Å²) in [5.74, 6) is 1.35. The van der Waals surface area contributed by atoms with Crippen molar-refractivity contribution in [1.29, 1.82) is 0 Å². The molecule has 158 valence electrons. The number of unbranched alkanes of at least 4 members (excludes halogenated alkanes) is 2. The van der Waals surface area contributed by atoms with Crippen LogP contribution in [0.2, 0.25) is 0 Å². The summed E-state index contributed by atoms with van der Waals surface area (Å²) in [5, 5.41) is 3.49. The van der Waals surface area contributed by atoms with Crippen molar-refractivity contribution in [3.63, 3.8) is 0 Å². The molecule has 0 fully saturated rings. The largest absolute Gasteiger partial charge is 0.494 e. The molecule has 0 aliphatic heterocycles. The molecule has 0 saturated heterocycles. The summed E-state index contributed by atoms with van der Waals surface area (Å²) in [6.45, 7) is 7.42. The van der Waals surface area contributed by atoms with Gasteiger partial charge in [0.05, 0.1) is 18.9 Å². The molecule has 0 bridgehead atoms. The highest BCUT2D eigenvalue weighted by Gasteiger charge is 2.14. The van der Waals surface area contributed by atoms with Crippen LogP contribution in [-0.4, -0.2) is 24.1 Å². The van der Waals surface area contributed by atoms with Crippen LogP contribution in [0.25, 0.3) is 11.3 Å². The maximum absolute atomic E-state index is 12.7. The molecule has 5 nitrogen and oxygen atoms in total. The number of carbonyl (C=O) groups excluding carboxylic acids is 1. The van der Waals surface area contributed by atoms with E-state index in [1.54, 1.807) is 12.1 Å². The number of amides is 1. The van der Waals surface area contributed by atoms with Crippen LogP contribution in [0.15, 0.2) is 48.5 Å². The highest BCUT2D eigenvalue weighted by Crippen LogP contribution is 2.31. The van der Waals surface area contributed by atoms with Crippen molar-refractivity contribution in [2.24, 2.45) is 0 Å². The van der Waals surface area contributed by atoms with Gasteiger partial charge in [0, 0.05) is 16.0 Å². The lowest BCUT2D eigenvalue weighted by atomic mass is 10.1. The van der Waals surface area contributed by atoms with Gasteiger partial charge >= 0.3 is 0 Å². The number of anilines is 1. The Kier molecular flexibility index (Phi) is 7.85. The summed E-state index contributed by atoms with van der Waals surface area (Å²) in [6.07, 6.45) is 3.30. The van der Waals surface area contributed by atoms with E-state index in [1.807, 2.05) is 50.2 Å². The molecule has 30 heavy (non-hydrogen) atoms. The molecule has 2 aromatic carbocycles. The van der Waals surface area contributed by atoms with Gasteiger partial charge in [-0.25, -0.2) is 4.98 Å². The van der Waals surface area contributed by atoms with Crippen molar-refractivity contribution in [1.82, 2.24) is 4.98 Å². The summed E-state index contributed by atoms with van der Waals surface area (Å²) >= 11 is 1.46. The quantitative estimate of drug-likeness (QED) is 0.386. The van der Waals surface area contributed by atoms with E-state index in [2.05, 4.69) is 17.2 Å². The van der Waals surface area contributed by atoms with Crippen molar-refractivity contribution >= 4 is 22.4 Å². The Morgan fingerprint density at radius 3 is 2.57 bits per heavy atom. The Bertz CT molecular complexity index is 967. The Morgan fingerprint density at radius 1 is 1.03 bits per heavy atom. The number of nitrogens with one attached hydrogen (secondary N) is 1. The van der Waals surface area contributed by atoms with Gasteiger partial charge in [0.2, 0.25) is 0 Å². The Hall–Kier alpha value is -2.86. The first-order valence-corrected chi connectivity index (χ1v) is 11.2. The lowest BCUT2D eigenvalue weighted by Gasteiger charge is -2.07. The SMILES string of the molecule is CCCCCOc1cccc(C(=O)Nc2nc(-c3ccc(OCC)cc3)c(C)s2)c1. The number of carbonyl (C=O) groups is 1. The Morgan fingerprint density at radius 2 is 1.83 bits per heavy atom. The highest BCUT2D eigenvalue weighted by molar-refractivity contribution is 7.16. The molecule has 1 aromatic heterocycles. The standard InChI is InChI=1S/C24H28N2O3S/c1-4-6-7-15-29-21-10-8-9-19(16-21)23(27)26-24-25-22(17(3)30-24)18-11-13-20(14-12-18)28-5-2/h8-14,16H,4-7,15H2,1-3H3,(H,25,26,27). The molecule has 0 unspecified atom stereocenters. The van der Waals surface area contributed by atoms with Crippen molar-refractivity contribution in [3.8, 4) is 22.8 Å². The summed E-state index contributed by atoms with van der Waals surface area (Å²) in [6, 6.07) is 15.1. The third-order valence-electron chi connectivity index (χ3n) is 4.57. The normalized spacial score (nSPS) is 10.6. The average molecular weight is 425 g/mol. The fourth-order valence-electron chi connectivity index (χ4n) is 3.03. The molecule has 1 N–H and O–H groups in total. The van der Waals surface area contributed by atoms with Gasteiger partial charge in [-0.15, -0.1) is 11.3 Å². The summed E-state index contributed by atoms with van der Waals surface area (Å²) < 4.78 is 11.2. The number of hydrogen-bond acceptors (Lipinski definition) is 5. The van der Waals surface area contributed by atoms with Gasteiger partial charge in [-0.05, 0) is 62.7 Å². The van der Waals surface area contributed by atoms with Gasteiger partial charge in [-0.3, -0.25) is 10.1 Å². The van der Waals surface area contributed by atoms with Crippen molar-refractivity contribution in [2.75, 3.05) is 18.5 Å². The predicted octanol–water partition coefficient (Wildman–Crippen LogP) is 6.34. The smallest absolute Gasteiger partial charge is 0.257 e. The lowest BCUT2D eigenvalue weighted by molar-refractivity contribution is 0.102. The van der Waals surface area contributed by atoms with Gasteiger partial charge in [0.15, 0.2) is 5.13 Å². The van der Waals surface area contributed by atoms with Gasteiger partial charge in [-0.1, -0.05) is 25.8 Å². The van der Waals surface area contributed by atoms with Gasteiger partial charge < -0.3 is 9.47 Å². The zero-order valence-electron chi connectivity index (χ0n) is 17.7. The molecule has 6 heteroatoms. The van der Waals surface area contributed by atoms with Crippen LogP contribution >= 0.6 is 11.3 Å². The maximum Gasteiger partial charge on any atom is 0.257 e. The average Bonchev–Trinajstić information content (AvgIpc) is 3.12. The number of benzene rings is 2. The van der Waals surface area contributed by atoms with Crippen LogP contribution < -0.4 is 14.8 Å². The Balaban J connectivity index is 1.67. The van der Waals surface area contributed by atoms with E-state index in [4.69, 9.17) is 9.47 Å².